The first-order valence-electron chi connectivity index (χ1n) is 6.64. The van der Waals surface area contributed by atoms with Gasteiger partial charge in [0, 0.05) is 5.39 Å². The second-order valence-corrected chi connectivity index (χ2v) is 4.79. The highest BCUT2D eigenvalue weighted by Crippen LogP contribution is 2.32. The molecule has 106 valence electrons. The molecule has 0 saturated heterocycles. The Morgan fingerprint density at radius 3 is 2.76 bits per heavy atom. The highest BCUT2D eigenvalue weighted by Gasteiger charge is 2.15. The molecule has 0 aliphatic carbocycles. The summed E-state index contributed by atoms with van der Waals surface area (Å²) in [5, 5.41) is 10.6. The molecule has 2 aromatic carbocycles. The second kappa shape index (κ2) is 5.50. The molecule has 1 aromatic heterocycles. The fourth-order valence-electron chi connectivity index (χ4n) is 2.25. The van der Waals surface area contributed by atoms with Gasteiger partial charge in [-0.15, -0.1) is 0 Å². The lowest BCUT2D eigenvalue weighted by Crippen LogP contribution is -2.00. The number of benzene rings is 2. The van der Waals surface area contributed by atoms with Crippen LogP contribution in [0.15, 0.2) is 54.7 Å². The molecule has 1 unspecified atom stereocenters. The Morgan fingerprint density at radius 2 is 1.95 bits per heavy atom. The maximum atomic E-state index is 13.8. The second-order valence-electron chi connectivity index (χ2n) is 4.79. The molecule has 0 fully saturated rings. The Kier molecular flexibility index (Phi) is 3.54. The van der Waals surface area contributed by atoms with Crippen molar-refractivity contribution in [3.63, 3.8) is 0 Å². The van der Waals surface area contributed by atoms with Crippen LogP contribution in [0.2, 0.25) is 0 Å². The minimum absolute atomic E-state index is 0.144. The van der Waals surface area contributed by atoms with Crippen molar-refractivity contribution in [3.05, 3.63) is 66.1 Å². The summed E-state index contributed by atoms with van der Waals surface area (Å²) in [7, 11) is 0. The Labute approximate surface area is 121 Å². The Bertz CT molecular complexity index is 787. The number of fused-ring (bicyclic) bond motifs is 1. The van der Waals surface area contributed by atoms with Crippen LogP contribution in [0.4, 0.5) is 4.39 Å². The summed E-state index contributed by atoms with van der Waals surface area (Å²) in [5.74, 6) is 0.305. The molecule has 0 saturated carbocycles. The first-order chi connectivity index (χ1) is 10.1. The number of nitrogens with zero attached hydrogens (tertiary/aromatic N) is 1. The standard InChI is InChI=1S/C17H14FNO2/c1-11(20)17-14(18)6-4-8-16(17)21-13-9-12-5-2-3-7-15(12)19-10-13/h2-11,20H,1H3. The van der Waals surface area contributed by atoms with E-state index < -0.39 is 11.9 Å². The van der Waals surface area contributed by atoms with Crippen LogP contribution < -0.4 is 4.74 Å². The van der Waals surface area contributed by atoms with Gasteiger partial charge < -0.3 is 9.84 Å². The predicted molar refractivity (Wildman–Crippen MR) is 78.9 cm³/mol. The molecule has 1 N–H and O–H groups in total. The van der Waals surface area contributed by atoms with E-state index in [1.165, 1.54) is 13.0 Å². The van der Waals surface area contributed by atoms with Crippen molar-refractivity contribution < 1.29 is 14.2 Å². The van der Waals surface area contributed by atoms with Gasteiger partial charge in [0.15, 0.2) is 0 Å². The Morgan fingerprint density at radius 1 is 1.14 bits per heavy atom. The fraction of sp³-hybridized carbons (Fsp3) is 0.118. The minimum Gasteiger partial charge on any atom is -0.455 e. The number of hydrogen-bond donors (Lipinski definition) is 1. The monoisotopic (exact) mass is 283 g/mol. The number of rotatable bonds is 3. The molecule has 3 rings (SSSR count). The number of para-hydroxylation sites is 1. The summed E-state index contributed by atoms with van der Waals surface area (Å²) in [4.78, 5) is 4.29. The third kappa shape index (κ3) is 2.71. The summed E-state index contributed by atoms with van der Waals surface area (Å²) in [5.41, 5.74) is 1.01. The lowest BCUT2D eigenvalue weighted by atomic mass is 10.1. The summed E-state index contributed by atoms with van der Waals surface area (Å²) in [6, 6.07) is 14.0. The largest absolute Gasteiger partial charge is 0.455 e. The first kappa shape index (κ1) is 13.5. The topological polar surface area (TPSA) is 42.4 Å². The predicted octanol–water partition coefficient (Wildman–Crippen LogP) is 4.22. The van der Waals surface area contributed by atoms with Crippen LogP contribution >= 0.6 is 0 Å². The smallest absolute Gasteiger partial charge is 0.146 e. The molecule has 1 heterocycles. The highest BCUT2D eigenvalue weighted by atomic mass is 19.1. The molecular weight excluding hydrogens is 269 g/mol. The van der Waals surface area contributed by atoms with Crippen LogP contribution in [0.25, 0.3) is 10.9 Å². The van der Waals surface area contributed by atoms with E-state index in [9.17, 15) is 9.50 Å². The number of aliphatic hydroxyl groups is 1. The lowest BCUT2D eigenvalue weighted by molar-refractivity contribution is 0.190. The SMILES string of the molecule is CC(O)c1c(F)cccc1Oc1cnc2ccccc2c1. The Balaban J connectivity index is 2.00. The molecule has 1 atom stereocenters. The van der Waals surface area contributed by atoms with Crippen molar-refractivity contribution >= 4 is 10.9 Å². The van der Waals surface area contributed by atoms with Gasteiger partial charge in [-0.3, -0.25) is 4.98 Å². The minimum atomic E-state index is -0.949. The lowest BCUT2D eigenvalue weighted by Gasteiger charge is -2.14. The van der Waals surface area contributed by atoms with E-state index in [1.54, 1.807) is 18.3 Å². The van der Waals surface area contributed by atoms with Crippen LogP contribution in [-0.2, 0) is 0 Å². The van der Waals surface area contributed by atoms with Gasteiger partial charge in [-0.05, 0) is 31.2 Å². The van der Waals surface area contributed by atoms with Gasteiger partial charge in [-0.2, -0.15) is 0 Å². The molecule has 0 spiro atoms. The van der Waals surface area contributed by atoms with Gasteiger partial charge in [0.05, 0.1) is 23.4 Å². The molecule has 4 heteroatoms. The van der Waals surface area contributed by atoms with Crippen LogP contribution in [0, 0.1) is 5.82 Å². The van der Waals surface area contributed by atoms with Gasteiger partial charge in [-0.1, -0.05) is 24.3 Å². The molecule has 21 heavy (non-hydrogen) atoms. The quantitative estimate of drug-likeness (QED) is 0.782. The zero-order chi connectivity index (χ0) is 14.8. The van der Waals surface area contributed by atoms with Gasteiger partial charge in [-0.25, -0.2) is 4.39 Å². The normalized spacial score (nSPS) is 12.3. The number of aliphatic hydroxyl groups excluding tert-OH is 1. The average molecular weight is 283 g/mol. The van der Waals surface area contributed by atoms with Crippen LogP contribution in [0.3, 0.4) is 0 Å². The zero-order valence-corrected chi connectivity index (χ0v) is 11.5. The van der Waals surface area contributed by atoms with Gasteiger partial charge in [0.25, 0.3) is 0 Å². The molecule has 0 aliphatic rings. The Hall–Kier alpha value is -2.46. The number of pyridine rings is 1. The first-order valence-corrected chi connectivity index (χ1v) is 6.64. The van der Waals surface area contributed by atoms with Crippen molar-refractivity contribution in [2.24, 2.45) is 0 Å². The van der Waals surface area contributed by atoms with Crippen molar-refractivity contribution in [1.82, 2.24) is 4.98 Å². The number of hydrogen-bond acceptors (Lipinski definition) is 3. The molecule has 3 aromatic rings. The molecule has 0 amide bonds. The zero-order valence-electron chi connectivity index (χ0n) is 11.5. The number of aromatic nitrogens is 1. The maximum Gasteiger partial charge on any atom is 0.146 e. The number of ether oxygens (including phenoxy) is 1. The van der Waals surface area contributed by atoms with E-state index in [4.69, 9.17) is 4.74 Å². The van der Waals surface area contributed by atoms with E-state index in [0.29, 0.717) is 11.5 Å². The third-order valence-corrected chi connectivity index (χ3v) is 3.22. The van der Waals surface area contributed by atoms with E-state index in [1.807, 2.05) is 30.3 Å². The maximum absolute atomic E-state index is 13.8. The number of halogens is 1. The van der Waals surface area contributed by atoms with Crippen LogP contribution in [0.1, 0.15) is 18.6 Å². The van der Waals surface area contributed by atoms with Crippen LogP contribution in [0.5, 0.6) is 11.5 Å². The molecule has 0 radical (unpaired) electrons. The van der Waals surface area contributed by atoms with Crippen LogP contribution in [-0.4, -0.2) is 10.1 Å². The van der Waals surface area contributed by atoms with E-state index in [-0.39, 0.29) is 5.56 Å². The summed E-state index contributed by atoms with van der Waals surface area (Å²) in [6.07, 6.45) is 0.633. The summed E-state index contributed by atoms with van der Waals surface area (Å²) < 4.78 is 19.5. The van der Waals surface area contributed by atoms with Gasteiger partial charge in [0.2, 0.25) is 0 Å². The van der Waals surface area contributed by atoms with Crippen molar-refractivity contribution in [2.45, 2.75) is 13.0 Å². The summed E-state index contributed by atoms with van der Waals surface area (Å²) in [6.45, 7) is 1.50. The van der Waals surface area contributed by atoms with E-state index >= 15 is 0 Å². The van der Waals surface area contributed by atoms with Gasteiger partial charge >= 0.3 is 0 Å². The average Bonchev–Trinajstić information content (AvgIpc) is 2.47. The van der Waals surface area contributed by atoms with Crippen molar-refractivity contribution in [2.75, 3.05) is 0 Å². The molecular formula is C17H14FNO2. The van der Waals surface area contributed by atoms with Crippen molar-refractivity contribution in [1.29, 1.82) is 0 Å². The van der Waals surface area contributed by atoms with E-state index in [0.717, 1.165) is 10.9 Å². The molecule has 0 bridgehead atoms. The molecule has 0 aliphatic heterocycles. The third-order valence-electron chi connectivity index (χ3n) is 3.22. The highest BCUT2D eigenvalue weighted by molar-refractivity contribution is 5.79. The van der Waals surface area contributed by atoms with Crippen molar-refractivity contribution in [3.8, 4) is 11.5 Å². The van der Waals surface area contributed by atoms with E-state index in [2.05, 4.69) is 4.98 Å². The fourth-order valence-corrected chi connectivity index (χ4v) is 2.25. The van der Waals surface area contributed by atoms with Gasteiger partial charge in [0.1, 0.15) is 17.3 Å². The molecule has 3 nitrogen and oxygen atoms in total. The summed E-state index contributed by atoms with van der Waals surface area (Å²) >= 11 is 0.